The molecule has 0 fully saturated rings. The second-order valence-electron chi connectivity index (χ2n) is 3.93. The molecule has 0 spiro atoms. The minimum Gasteiger partial charge on any atom is -0.396 e. The van der Waals surface area contributed by atoms with Crippen molar-refractivity contribution in [1.82, 2.24) is 15.3 Å². The van der Waals surface area contributed by atoms with Crippen LogP contribution >= 0.6 is 0 Å². The van der Waals surface area contributed by atoms with Gasteiger partial charge in [-0.25, -0.2) is 4.98 Å². The minimum atomic E-state index is -0.399. The highest BCUT2D eigenvalue weighted by atomic mass is 16.3. The molecule has 0 aliphatic carbocycles. The molecule has 16 heavy (non-hydrogen) atoms. The van der Waals surface area contributed by atoms with E-state index < -0.39 is 5.54 Å². The highest BCUT2D eigenvalue weighted by Gasteiger charge is 2.24. The largest absolute Gasteiger partial charge is 0.396 e. The molecule has 2 N–H and O–H groups in total. The third-order valence-corrected chi connectivity index (χ3v) is 2.66. The predicted octanol–water partition coefficient (Wildman–Crippen LogP) is 0.757. The van der Waals surface area contributed by atoms with Crippen LogP contribution in [0.4, 0.5) is 0 Å². The molecule has 0 unspecified atom stereocenters. The maximum atomic E-state index is 11.8. The molecule has 1 heterocycles. The standard InChI is InChI=1S/C11H17N3O2/c1-3-11(2,4-7-15)14-10(16)9-8-12-5-6-13-9/h5-6,8,15H,3-4,7H2,1-2H3,(H,14,16)/t11-/m1/s1. The second kappa shape index (κ2) is 5.55. The molecular weight excluding hydrogens is 206 g/mol. The zero-order chi connectivity index (χ0) is 12.0. The van der Waals surface area contributed by atoms with Gasteiger partial charge in [0.25, 0.3) is 5.91 Å². The summed E-state index contributed by atoms with van der Waals surface area (Å²) in [5.41, 5.74) is -0.108. The fourth-order valence-electron chi connectivity index (χ4n) is 1.33. The zero-order valence-corrected chi connectivity index (χ0v) is 9.60. The highest BCUT2D eigenvalue weighted by molar-refractivity contribution is 5.92. The Morgan fingerprint density at radius 2 is 2.31 bits per heavy atom. The first-order valence-corrected chi connectivity index (χ1v) is 5.30. The van der Waals surface area contributed by atoms with Crippen molar-refractivity contribution < 1.29 is 9.90 Å². The molecule has 1 aromatic rings. The van der Waals surface area contributed by atoms with Crippen molar-refractivity contribution in [3.8, 4) is 0 Å². The van der Waals surface area contributed by atoms with Crippen molar-refractivity contribution in [2.75, 3.05) is 6.61 Å². The van der Waals surface area contributed by atoms with Gasteiger partial charge in [0, 0.05) is 24.5 Å². The normalized spacial score (nSPS) is 14.2. The summed E-state index contributed by atoms with van der Waals surface area (Å²) in [6.45, 7) is 3.91. The molecular formula is C11H17N3O2. The Hall–Kier alpha value is -1.49. The van der Waals surface area contributed by atoms with Gasteiger partial charge in [-0.2, -0.15) is 0 Å². The first-order chi connectivity index (χ1) is 7.61. The number of nitrogens with one attached hydrogen (secondary N) is 1. The summed E-state index contributed by atoms with van der Waals surface area (Å²) < 4.78 is 0. The van der Waals surface area contributed by atoms with Gasteiger partial charge >= 0.3 is 0 Å². The fraction of sp³-hybridized carbons (Fsp3) is 0.545. The number of hydrogen-bond acceptors (Lipinski definition) is 4. The van der Waals surface area contributed by atoms with Gasteiger partial charge < -0.3 is 10.4 Å². The lowest BCUT2D eigenvalue weighted by atomic mass is 9.95. The number of carbonyl (C=O) groups is 1. The first kappa shape index (κ1) is 12.6. The monoisotopic (exact) mass is 223 g/mol. The number of amides is 1. The van der Waals surface area contributed by atoms with E-state index in [9.17, 15) is 4.79 Å². The molecule has 0 saturated heterocycles. The molecule has 1 aromatic heterocycles. The van der Waals surface area contributed by atoms with Gasteiger partial charge in [-0.1, -0.05) is 6.92 Å². The average molecular weight is 223 g/mol. The molecule has 1 amide bonds. The van der Waals surface area contributed by atoms with Crippen molar-refractivity contribution >= 4 is 5.91 Å². The highest BCUT2D eigenvalue weighted by Crippen LogP contribution is 2.14. The lowest BCUT2D eigenvalue weighted by Gasteiger charge is -2.28. The van der Waals surface area contributed by atoms with E-state index in [0.29, 0.717) is 12.1 Å². The number of carbonyl (C=O) groups excluding carboxylic acids is 1. The van der Waals surface area contributed by atoms with E-state index in [1.54, 1.807) is 0 Å². The topological polar surface area (TPSA) is 75.1 Å². The predicted molar refractivity (Wildman–Crippen MR) is 59.9 cm³/mol. The summed E-state index contributed by atoms with van der Waals surface area (Å²) in [4.78, 5) is 19.6. The molecule has 5 heteroatoms. The van der Waals surface area contributed by atoms with Gasteiger partial charge in [-0.3, -0.25) is 9.78 Å². The molecule has 0 aromatic carbocycles. The third kappa shape index (κ3) is 3.27. The van der Waals surface area contributed by atoms with Gasteiger partial charge in [0.1, 0.15) is 5.69 Å². The van der Waals surface area contributed by atoms with E-state index >= 15 is 0 Å². The van der Waals surface area contributed by atoms with Crippen LogP contribution in [0.2, 0.25) is 0 Å². The van der Waals surface area contributed by atoms with Gasteiger partial charge in [0.05, 0.1) is 6.20 Å². The van der Waals surface area contributed by atoms with Crippen LogP contribution in [0, 0.1) is 0 Å². The molecule has 0 bridgehead atoms. The minimum absolute atomic E-state index is 0.0467. The molecule has 0 radical (unpaired) electrons. The van der Waals surface area contributed by atoms with Crippen molar-refractivity contribution in [3.05, 3.63) is 24.3 Å². The summed E-state index contributed by atoms with van der Waals surface area (Å²) in [5, 5.41) is 11.8. The maximum absolute atomic E-state index is 11.8. The Morgan fingerprint density at radius 1 is 1.56 bits per heavy atom. The number of aliphatic hydroxyl groups excluding tert-OH is 1. The van der Waals surface area contributed by atoms with Crippen LogP contribution < -0.4 is 5.32 Å². The summed E-state index contributed by atoms with van der Waals surface area (Å²) in [6, 6.07) is 0. The smallest absolute Gasteiger partial charge is 0.271 e. The van der Waals surface area contributed by atoms with Crippen molar-refractivity contribution in [3.63, 3.8) is 0 Å². The van der Waals surface area contributed by atoms with E-state index in [0.717, 1.165) is 6.42 Å². The number of nitrogens with zero attached hydrogens (tertiary/aromatic N) is 2. The van der Waals surface area contributed by atoms with Gasteiger partial charge in [0.2, 0.25) is 0 Å². The van der Waals surface area contributed by atoms with Crippen molar-refractivity contribution in [2.45, 2.75) is 32.2 Å². The molecule has 1 atom stereocenters. The quantitative estimate of drug-likeness (QED) is 0.772. The summed E-state index contributed by atoms with van der Waals surface area (Å²) >= 11 is 0. The van der Waals surface area contributed by atoms with Crippen LogP contribution in [-0.4, -0.2) is 33.1 Å². The Labute approximate surface area is 94.9 Å². The molecule has 0 aliphatic rings. The maximum Gasteiger partial charge on any atom is 0.271 e. The molecule has 5 nitrogen and oxygen atoms in total. The summed E-state index contributed by atoms with van der Waals surface area (Å²) in [7, 11) is 0. The van der Waals surface area contributed by atoms with Gasteiger partial charge in [-0.05, 0) is 19.8 Å². The average Bonchev–Trinajstić information content (AvgIpc) is 2.30. The second-order valence-corrected chi connectivity index (χ2v) is 3.93. The Morgan fingerprint density at radius 3 is 2.81 bits per heavy atom. The third-order valence-electron chi connectivity index (χ3n) is 2.66. The zero-order valence-electron chi connectivity index (χ0n) is 9.60. The molecule has 0 saturated carbocycles. The summed E-state index contributed by atoms with van der Waals surface area (Å²) in [5.74, 6) is -0.258. The molecule has 0 aliphatic heterocycles. The van der Waals surface area contributed by atoms with Crippen LogP contribution in [-0.2, 0) is 0 Å². The van der Waals surface area contributed by atoms with E-state index in [-0.39, 0.29) is 12.5 Å². The number of aromatic nitrogens is 2. The Bertz CT molecular complexity index is 342. The first-order valence-electron chi connectivity index (χ1n) is 5.30. The van der Waals surface area contributed by atoms with E-state index in [1.807, 2.05) is 13.8 Å². The Balaban J connectivity index is 2.70. The number of aliphatic hydroxyl groups is 1. The van der Waals surface area contributed by atoms with Gasteiger partial charge in [-0.15, -0.1) is 0 Å². The molecule has 1 rings (SSSR count). The van der Waals surface area contributed by atoms with Crippen LogP contribution in [0.15, 0.2) is 18.6 Å². The van der Waals surface area contributed by atoms with Gasteiger partial charge in [0.15, 0.2) is 0 Å². The molecule has 88 valence electrons. The Kier molecular flexibility index (Phi) is 4.37. The van der Waals surface area contributed by atoms with Crippen molar-refractivity contribution in [1.29, 1.82) is 0 Å². The van der Waals surface area contributed by atoms with Crippen LogP contribution in [0.5, 0.6) is 0 Å². The number of rotatable bonds is 5. The summed E-state index contributed by atoms with van der Waals surface area (Å²) in [6.07, 6.45) is 5.69. The van der Waals surface area contributed by atoms with Crippen LogP contribution in [0.1, 0.15) is 37.2 Å². The van der Waals surface area contributed by atoms with E-state index in [2.05, 4.69) is 15.3 Å². The van der Waals surface area contributed by atoms with Crippen molar-refractivity contribution in [2.24, 2.45) is 0 Å². The SMILES string of the molecule is CC[C@](C)(CCO)NC(=O)c1cnccn1. The van der Waals surface area contributed by atoms with Crippen LogP contribution in [0.25, 0.3) is 0 Å². The fourth-order valence-corrected chi connectivity index (χ4v) is 1.33. The van der Waals surface area contributed by atoms with E-state index in [4.69, 9.17) is 5.11 Å². The lowest BCUT2D eigenvalue weighted by Crippen LogP contribution is -2.46. The van der Waals surface area contributed by atoms with E-state index in [1.165, 1.54) is 18.6 Å². The van der Waals surface area contributed by atoms with Crippen LogP contribution in [0.3, 0.4) is 0 Å². The number of hydrogen-bond donors (Lipinski definition) is 2. The lowest BCUT2D eigenvalue weighted by molar-refractivity contribution is 0.0880.